The number of H-pyrrole nitrogens is 1. The van der Waals surface area contributed by atoms with Gasteiger partial charge in [0.25, 0.3) is 5.91 Å². The highest BCUT2D eigenvalue weighted by Crippen LogP contribution is 2.36. The van der Waals surface area contributed by atoms with E-state index in [4.69, 9.17) is 19.8 Å². The monoisotopic (exact) mass is 673 g/mol. The van der Waals surface area contributed by atoms with Crippen LogP contribution in [-0.4, -0.2) is 75.0 Å². The Labute approximate surface area is 288 Å². The van der Waals surface area contributed by atoms with Crippen LogP contribution in [0.1, 0.15) is 79.7 Å². The fraction of sp³-hybridized carbons (Fsp3) is 0.543. The van der Waals surface area contributed by atoms with Crippen molar-refractivity contribution in [3.8, 4) is 11.4 Å². The van der Waals surface area contributed by atoms with Gasteiger partial charge in [0.2, 0.25) is 11.7 Å². The van der Waals surface area contributed by atoms with Crippen molar-refractivity contribution in [1.82, 2.24) is 25.9 Å². The summed E-state index contributed by atoms with van der Waals surface area (Å²) in [6, 6.07) is 13.6. The third kappa shape index (κ3) is 8.73. The minimum Gasteiger partial charge on any atom is -0.444 e. The largest absolute Gasteiger partial charge is 0.494 e. The molecule has 2 heterocycles. The quantitative estimate of drug-likeness (QED) is 0.283. The molecule has 0 radical (unpaired) electrons. The van der Waals surface area contributed by atoms with Crippen molar-refractivity contribution in [3.63, 3.8) is 0 Å². The van der Waals surface area contributed by atoms with Gasteiger partial charge in [0.05, 0.1) is 22.9 Å². The molecule has 1 aromatic heterocycles. The van der Waals surface area contributed by atoms with Crippen molar-refractivity contribution in [2.75, 3.05) is 11.4 Å². The summed E-state index contributed by atoms with van der Waals surface area (Å²) in [6.07, 6.45) is 2.40. The topological polar surface area (TPSA) is 175 Å². The van der Waals surface area contributed by atoms with Crippen LogP contribution in [0.5, 0.6) is 0 Å². The summed E-state index contributed by atoms with van der Waals surface area (Å²) in [7, 11) is -0.499. The molecule has 2 aliphatic rings. The summed E-state index contributed by atoms with van der Waals surface area (Å²) in [6.45, 7) is 14.0. The first-order chi connectivity index (χ1) is 23.0. The van der Waals surface area contributed by atoms with Crippen LogP contribution in [0.15, 0.2) is 48.5 Å². The van der Waals surface area contributed by atoms with E-state index in [1.807, 2.05) is 72.7 Å². The van der Waals surface area contributed by atoms with Crippen LogP contribution in [0.25, 0.3) is 11.4 Å². The molecule has 1 atom stereocenters. The second-order valence-electron chi connectivity index (χ2n) is 15.0. The number of ether oxygens (including phenoxy) is 1. The second kappa shape index (κ2) is 14.4. The fourth-order valence-corrected chi connectivity index (χ4v) is 6.04. The highest BCUT2D eigenvalue weighted by atomic mass is 16.7. The molecule has 0 unspecified atom stereocenters. The van der Waals surface area contributed by atoms with Crippen molar-refractivity contribution in [1.29, 1.82) is 0 Å². The first-order valence-corrected chi connectivity index (χ1v) is 16.9. The van der Waals surface area contributed by atoms with Crippen LogP contribution in [0.3, 0.4) is 0 Å². The minimum atomic E-state index is -0.974. The molecule has 3 amide bonds. The molecule has 262 valence electrons. The molecule has 5 rings (SSSR count). The Balaban J connectivity index is 1.27. The summed E-state index contributed by atoms with van der Waals surface area (Å²) in [5.74, 6) is -0.541. The number of hydrogen-bond donors (Lipinski definition) is 3. The number of rotatable bonds is 9. The zero-order valence-electron chi connectivity index (χ0n) is 29.5. The number of benzene rings is 2. The maximum atomic E-state index is 14.1. The fourth-order valence-electron chi connectivity index (χ4n) is 6.04. The summed E-state index contributed by atoms with van der Waals surface area (Å²) in [5, 5.41) is 16.9. The number of amides is 3. The number of imide groups is 1. The Morgan fingerprint density at radius 1 is 1.00 bits per heavy atom. The normalized spacial score (nSPS) is 20.8. The van der Waals surface area contributed by atoms with Gasteiger partial charge in [0, 0.05) is 18.0 Å². The molecular formula is C35H48BN7O6. The lowest BCUT2D eigenvalue weighted by atomic mass is 9.78. The number of nitrogens with one attached hydrogen (secondary N) is 2. The SMILES string of the molecule is CC(C)(C)OC(=O)NCC1CCC(C(=O)N(C(=O)[C@@H](N)Cc2ccc(B3OC(C)(C)C(C)(C)O3)cc2)c2ccc(-c3nn[nH]n3)cc2)CC1. The molecule has 1 saturated heterocycles. The van der Waals surface area contributed by atoms with E-state index < -0.39 is 42.0 Å². The van der Waals surface area contributed by atoms with E-state index in [0.29, 0.717) is 36.5 Å². The van der Waals surface area contributed by atoms with Gasteiger partial charge < -0.3 is 25.1 Å². The minimum absolute atomic E-state index is 0.206. The number of alkyl carbamates (subject to hydrolysis) is 1. The smallest absolute Gasteiger partial charge is 0.444 e. The van der Waals surface area contributed by atoms with Gasteiger partial charge in [0.15, 0.2) is 0 Å². The highest BCUT2D eigenvalue weighted by Gasteiger charge is 2.51. The van der Waals surface area contributed by atoms with Gasteiger partial charge in [-0.2, -0.15) is 5.21 Å². The molecule has 49 heavy (non-hydrogen) atoms. The van der Waals surface area contributed by atoms with E-state index in [-0.39, 0.29) is 24.2 Å². The Morgan fingerprint density at radius 2 is 1.61 bits per heavy atom. The number of aromatic nitrogens is 4. The predicted molar refractivity (Wildman–Crippen MR) is 186 cm³/mol. The number of nitrogens with two attached hydrogens (primary N) is 1. The number of hydrogen-bond acceptors (Lipinski definition) is 10. The number of carbonyl (C=O) groups is 3. The zero-order chi connectivity index (χ0) is 35.6. The van der Waals surface area contributed by atoms with Gasteiger partial charge in [-0.15, -0.1) is 10.2 Å². The van der Waals surface area contributed by atoms with E-state index in [9.17, 15) is 14.4 Å². The van der Waals surface area contributed by atoms with E-state index in [1.54, 1.807) is 24.3 Å². The lowest BCUT2D eigenvalue weighted by Crippen LogP contribution is -2.50. The first-order valence-electron chi connectivity index (χ1n) is 16.9. The molecule has 1 saturated carbocycles. The van der Waals surface area contributed by atoms with Crippen molar-refractivity contribution in [2.45, 2.75) is 103 Å². The average Bonchev–Trinajstić information content (AvgIpc) is 3.65. The maximum absolute atomic E-state index is 14.1. The Morgan fingerprint density at radius 3 is 2.16 bits per heavy atom. The summed E-state index contributed by atoms with van der Waals surface area (Å²) in [5.41, 5.74) is 7.88. The van der Waals surface area contributed by atoms with E-state index in [0.717, 1.165) is 23.9 Å². The summed E-state index contributed by atoms with van der Waals surface area (Å²) >= 11 is 0. The van der Waals surface area contributed by atoms with Crippen molar-refractivity contribution >= 4 is 36.2 Å². The molecular weight excluding hydrogens is 625 g/mol. The second-order valence-corrected chi connectivity index (χ2v) is 15.0. The lowest BCUT2D eigenvalue weighted by molar-refractivity contribution is -0.130. The van der Waals surface area contributed by atoms with Gasteiger partial charge in [-0.1, -0.05) is 24.3 Å². The summed E-state index contributed by atoms with van der Waals surface area (Å²) < 4.78 is 17.7. The molecule has 4 N–H and O–H groups in total. The third-order valence-electron chi connectivity index (χ3n) is 9.58. The summed E-state index contributed by atoms with van der Waals surface area (Å²) in [4.78, 5) is 41.6. The number of nitrogens with zero attached hydrogens (tertiary/aromatic N) is 4. The average molecular weight is 674 g/mol. The molecule has 14 heteroatoms. The Hall–Kier alpha value is -4.14. The molecule has 13 nitrogen and oxygen atoms in total. The first kappa shape index (κ1) is 36.2. The molecule has 2 aromatic carbocycles. The van der Waals surface area contributed by atoms with E-state index >= 15 is 0 Å². The number of aromatic amines is 1. The van der Waals surface area contributed by atoms with Crippen LogP contribution in [0, 0.1) is 11.8 Å². The van der Waals surface area contributed by atoms with Gasteiger partial charge >= 0.3 is 13.2 Å². The third-order valence-corrected chi connectivity index (χ3v) is 9.58. The zero-order valence-corrected chi connectivity index (χ0v) is 29.5. The van der Waals surface area contributed by atoms with Crippen LogP contribution in [0.2, 0.25) is 0 Å². The molecule has 3 aromatic rings. The van der Waals surface area contributed by atoms with E-state index in [2.05, 4.69) is 25.9 Å². The van der Waals surface area contributed by atoms with Gasteiger partial charge in [-0.25, -0.2) is 9.69 Å². The molecule has 2 fully saturated rings. The van der Waals surface area contributed by atoms with Gasteiger partial charge in [-0.3, -0.25) is 9.59 Å². The van der Waals surface area contributed by atoms with Gasteiger partial charge in [-0.05, 0) is 127 Å². The van der Waals surface area contributed by atoms with Crippen LogP contribution >= 0.6 is 0 Å². The van der Waals surface area contributed by atoms with Crippen molar-refractivity contribution in [3.05, 3.63) is 54.1 Å². The lowest BCUT2D eigenvalue weighted by Gasteiger charge is -2.32. The molecule has 0 spiro atoms. The molecule has 0 bridgehead atoms. The highest BCUT2D eigenvalue weighted by molar-refractivity contribution is 6.62. The van der Waals surface area contributed by atoms with Gasteiger partial charge in [0.1, 0.15) is 5.60 Å². The predicted octanol–water partition coefficient (Wildman–Crippen LogP) is 3.93. The maximum Gasteiger partial charge on any atom is 0.494 e. The van der Waals surface area contributed by atoms with Crippen LogP contribution in [-0.2, 0) is 30.1 Å². The van der Waals surface area contributed by atoms with E-state index in [1.165, 1.54) is 4.90 Å². The van der Waals surface area contributed by atoms with Crippen molar-refractivity contribution < 1.29 is 28.4 Å². The number of anilines is 1. The standard InChI is InChI=1S/C35H48BN7O6/c1-33(2,3)47-32(46)38-21-23-8-12-25(13-9-23)30(44)43(27-18-14-24(15-19-27)29-39-41-42-40-29)31(45)28(37)20-22-10-16-26(17-11-22)36-48-34(4,5)35(6,7)49-36/h10-11,14-19,23,25,28H,8-9,12-13,20-21,37H2,1-7H3,(H,38,46)(H,39,40,41,42)/t23?,25?,28-/m0/s1. The number of carbonyl (C=O) groups excluding carboxylic acids is 3. The molecule has 1 aliphatic carbocycles. The Kier molecular flexibility index (Phi) is 10.6. The Bertz CT molecular complexity index is 1580. The van der Waals surface area contributed by atoms with Crippen LogP contribution < -0.4 is 21.4 Å². The number of tetrazole rings is 1. The van der Waals surface area contributed by atoms with Crippen molar-refractivity contribution in [2.24, 2.45) is 17.6 Å². The van der Waals surface area contributed by atoms with Crippen LogP contribution in [0.4, 0.5) is 10.5 Å². The molecule has 1 aliphatic heterocycles.